The molecule has 1 atom stereocenters. The molecule has 0 amide bonds. The highest BCUT2D eigenvalue weighted by Crippen LogP contribution is 2.38. The van der Waals surface area contributed by atoms with E-state index in [1.165, 1.54) is 0 Å². The Morgan fingerprint density at radius 3 is 2.95 bits per heavy atom. The minimum Gasteiger partial charge on any atom is -0.511 e. The highest BCUT2D eigenvalue weighted by molar-refractivity contribution is 7.99. The maximum atomic E-state index is 12.5. The van der Waals surface area contributed by atoms with Crippen molar-refractivity contribution in [1.82, 2.24) is 0 Å². The highest BCUT2D eigenvalue weighted by Gasteiger charge is 2.43. The summed E-state index contributed by atoms with van der Waals surface area (Å²) < 4.78 is 5.77. The number of oxime groups is 1. The van der Waals surface area contributed by atoms with Crippen molar-refractivity contribution in [1.29, 1.82) is 0 Å². The predicted octanol–water partition coefficient (Wildman–Crippen LogP) is 3.59. The third-order valence-corrected chi connectivity index (χ3v) is 5.21. The van der Waals surface area contributed by atoms with Crippen molar-refractivity contribution < 1.29 is 19.5 Å². The molecule has 1 fully saturated rings. The van der Waals surface area contributed by atoms with E-state index in [9.17, 15) is 9.90 Å². The van der Waals surface area contributed by atoms with Gasteiger partial charge in [-0.15, -0.1) is 0 Å². The third-order valence-electron chi connectivity index (χ3n) is 3.91. The average Bonchev–Trinajstić information content (AvgIpc) is 2.69. The number of carbonyl (C=O) groups excluding carboxylic acids is 1. The summed E-state index contributed by atoms with van der Waals surface area (Å²) in [5.41, 5.74) is 0.146. The van der Waals surface area contributed by atoms with Gasteiger partial charge in [-0.3, -0.25) is 0 Å². The van der Waals surface area contributed by atoms with Crippen LogP contribution < -0.4 is 0 Å². The second-order valence-corrected chi connectivity index (χ2v) is 6.89. The van der Waals surface area contributed by atoms with Crippen LogP contribution in [0.4, 0.5) is 0 Å². The fraction of sp³-hybridized carbons (Fsp3) is 0.750. The molecule has 2 aliphatic heterocycles. The van der Waals surface area contributed by atoms with Crippen LogP contribution in [0.2, 0.25) is 0 Å². The number of thioether (sulfide) groups is 1. The van der Waals surface area contributed by atoms with Gasteiger partial charge in [0.1, 0.15) is 23.5 Å². The van der Waals surface area contributed by atoms with E-state index in [1.54, 1.807) is 11.8 Å². The fourth-order valence-electron chi connectivity index (χ4n) is 2.88. The summed E-state index contributed by atoms with van der Waals surface area (Å²) in [6.07, 6.45) is 4.75. The second-order valence-electron chi connectivity index (χ2n) is 5.79. The Bertz CT molecular complexity index is 465. The fourth-order valence-corrected chi connectivity index (χ4v) is 4.11. The van der Waals surface area contributed by atoms with Crippen LogP contribution in [0.15, 0.2) is 16.5 Å². The maximum Gasteiger partial charge on any atom is 0.344 e. The molecule has 2 heterocycles. The third kappa shape index (κ3) is 3.97. The molecule has 0 aromatic carbocycles. The molecule has 1 N–H and O–H groups in total. The summed E-state index contributed by atoms with van der Waals surface area (Å²) in [7, 11) is 0. The van der Waals surface area contributed by atoms with Crippen molar-refractivity contribution in [2.75, 3.05) is 18.1 Å². The molecule has 124 valence electrons. The number of hydrogen-bond donors (Lipinski definition) is 1. The molecule has 0 saturated carbocycles. The van der Waals surface area contributed by atoms with Gasteiger partial charge in [-0.1, -0.05) is 18.5 Å². The summed E-state index contributed by atoms with van der Waals surface area (Å²) >= 11 is 1.79. The number of aliphatic hydroxyl groups excluding tert-OH is 1. The summed E-state index contributed by atoms with van der Waals surface area (Å²) in [5, 5.41) is 14.5. The minimum absolute atomic E-state index is 0.102. The van der Waals surface area contributed by atoms with Crippen LogP contribution in [0.5, 0.6) is 0 Å². The highest BCUT2D eigenvalue weighted by atomic mass is 32.2. The zero-order valence-electron chi connectivity index (χ0n) is 13.4. The van der Waals surface area contributed by atoms with Crippen molar-refractivity contribution >= 4 is 23.4 Å². The van der Waals surface area contributed by atoms with Crippen molar-refractivity contribution in [3.63, 3.8) is 0 Å². The molecular weight excluding hydrogens is 302 g/mol. The van der Waals surface area contributed by atoms with E-state index < -0.39 is 11.6 Å². The quantitative estimate of drug-likeness (QED) is 0.475. The molecule has 22 heavy (non-hydrogen) atoms. The Morgan fingerprint density at radius 2 is 2.27 bits per heavy atom. The summed E-state index contributed by atoms with van der Waals surface area (Å²) in [6.45, 7) is 4.26. The molecular formula is C16H25NO4S. The molecule has 0 radical (unpaired) electrons. The van der Waals surface area contributed by atoms with Crippen LogP contribution in [0.1, 0.15) is 52.4 Å². The van der Waals surface area contributed by atoms with Crippen molar-refractivity contribution in [2.45, 2.75) is 58.0 Å². The van der Waals surface area contributed by atoms with Crippen molar-refractivity contribution in [2.24, 2.45) is 5.16 Å². The molecule has 0 bridgehead atoms. The standard InChI is InChI=1S/C16H25NO4S/c1-3-7-12(17-20-4-2)14-13(18)10-16(21-15(14)19)8-5-6-9-22-11-16/h18H,3-11H2,1-2H3. The maximum absolute atomic E-state index is 12.5. The topological polar surface area (TPSA) is 68.1 Å². The zero-order valence-corrected chi connectivity index (χ0v) is 14.2. The van der Waals surface area contributed by atoms with E-state index >= 15 is 0 Å². The molecule has 0 aliphatic carbocycles. The number of nitrogens with zero attached hydrogens (tertiary/aromatic N) is 1. The molecule has 0 aromatic rings. The molecule has 2 aliphatic rings. The van der Waals surface area contributed by atoms with Gasteiger partial charge < -0.3 is 14.7 Å². The van der Waals surface area contributed by atoms with Crippen molar-refractivity contribution in [3.05, 3.63) is 11.3 Å². The largest absolute Gasteiger partial charge is 0.511 e. The molecule has 5 nitrogen and oxygen atoms in total. The number of carbonyl (C=O) groups is 1. The summed E-state index contributed by atoms with van der Waals surface area (Å²) in [6, 6.07) is 0. The van der Waals surface area contributed by atoms with Gasteiger partial charge >= 0.3 is 5.97 Å². The van der Waals surface area contributed by atoms with Crippen LogP contribution in [0.3, 0.4) is 0 Å². The van der Waals surface area contributed by atoms with Gasteiger partial charge in [0.25, 0.3) is 0 Å². The second kappa shape index (κ2) is 7.90. The first-order valence-corrected chi connectivity index (χ1v) is 9.19. The lowest BCUT2D eigenvalue weighted by molar-refractivity contribution is -0.156. The SMILES string of the molecule is CCCC(=NOCC)C1=C(O)CC2(CCCCSC2)OC1=O. The van der Waals surface area contributed by atoms with E-state index in [2.05, 4.69) is 5.16 Å². The molecule has 1 saturated heterocycles. The lowest BCUT2D eigenvalue weighted by Crippen LogP contribution is -2.43. The lowest BCUT2D eigenvalue weighted by Gasteiger charge is -2.36. The normalized spacial score (nSPS) is 26.8. The van der Waals surface area contributed by atoms with E-state index in [0.717, 1.165) is 37.2 Å². The van der Waals surface area contributed by atoms with Crippen LogP contribution in [0.25, 0.3) is 0 Å². The van der Waals surface area contributed by atoms with Gasteiger partial charge in [0.05, 0.1) is 5.71 Å². The van der Waals surface area contributed by atoms with Gasteiger partial charge in [0.2, 0.25) is 0 Å². The van der Waals surface area contributed by atoms with Gasteiger partial charge in [-0.25, -0.2) is 4.79 Å². The van der Waals surface area contributed by atoms with E-state index in [1.807, 2.05) is 13.8 Å². The predicted molar refractivity (Wildman–Crippen MR) is 88.2 cm³/mol. The lowest BCUT2D eigenvalue weighted by atomic mass is 9.88. The van der Waals surface area contributed by atoms with Gasteiger partial charge in [-0.05, 0) is 38.4 Å². The van der Waals surface area contributed by atoms with Crippen molar-refractivity contribution in [3.8, 4) is 0 Å². The number of ether oxygens (including phenoxy) is 1. The Balaban J connectivity index is 2.26. The molecule has 2 rings (SSSR count). The monoisotopic (exact) mass is 327 g/mol. The first-order chi connectivity index (χ1) is 10.6. The first kappa shape index (κ1) is 17.2. The van der Waals surface area contributed by atoms with E-state index in [4.69, 9.17) is 9.57 Å². The summed E-state index contributed by atoms with van der Waals surface area (Å²) in [4.78, 5) is 17.6. The van der Waals surface area contributed by atoms with Gasteiger partial charge in [0.15, 0.2) is 0 Å². The molecule has 0 aromatic heterocycles. The van der Waals surface area contributed by atoms with Crippen LogP contribution in [-0.2, 0) is 14.4 Å². The number of aliphatic hydroxyl groups is 1. The molecule has 6 heteroatoms. The van der Waals surface area contributed by atoms with E-state index in [-0.39, 0.29) is 11.3 Å². The number of esters is 1. The van der Waals surface area contributed by atoms with E-state index in [0.29, 0.717) is 25.2 Å². The molecule has 1 spiro atoms. The van der Waals surface area contributed by atoms with Crippen LogP contribution in [-0.4, -0.2) is 40.5 Å². The Labute approximate surface area is 136 Å². The van der Waals surface area contributed by atoms with Crippen LogP contribution >= 0.6 is 11.8 Å². The Hall–Kier alpha value is -1.17. The number of hydrogen-bond acceptors (Lipinski definition) is 6. The minimum atomic E-state index is -0.547. The smallest absolute Gasteiger partial charge is 0.344 e. The Morgan fingerprint density at radius 1 is 1.45 bits per heavy atom. The average molecular weight is 327 g/mol. The van der Waals surface area contributed by atoms with Gasteiger partial charge in [-0.2, -0.15) is 11.8 Å². The Kier molecular flexibility index (Phi) is 6.17. The number of rotatable bonds is 5. The summed E-state index contributed by atoms with van der Waals surface area (Å²) in [5.74, 6) is 1.48. The zero-order chi connectivity index (χ0) is 16.0. The first-order valence-electron chi connectivity index (χ1n) is 8.04. The molecule has 1 unspecified atom stereocenters. The van der Waals surface area contributed by atoms with Crippen LogP contribution in [0, 0.1) is 0 Å². The van der Waals surface area contributed by atoms with Gasteiger partial charge in [0, 0.05) is 12.2 Å².